The normalized spacial score (nSPS) is 11.6. The molecule has 0 saturated carbocycles. The molecule has 0 radical (unpaired) electrons. The highest BCUT2D eigenvalue weighted by Gasteiger charge is 2.15. The average molecular weight is 572 g/mol. The third-order valence-electron chi connectivity index (χ3n) is 5.01. The van der Waals surface area contributed by atoms with Crippen molar-refractivity contribution in [1.82, 2.24) is 14.6 Å². The number of esters is 1. The quantitative estimate of drug-likeness (QED) is 0.234. The average Bonchev–Trinajstić information content (AvgIpc) is 3.14. The minimum atomic E-state index is -0.490. The fourth-order valence-corrected chi connectivity index (χ4v) is 4.83. The minimum absolute atomic E-state index is 0.173. The van der Waals surface area contributed by atoms with Crippen molar-refractivity contribution in [3.8, 4) is 17.2 Å². The van der Waals surface area contributed by atoms with E-state index in [0.29, 0.717) is 26.9 Å². The van der Waals surface area contributed by atoms with Gasteiger partial charge in [0.2, 0.25) is 4.96 Å². The van der Waals surface area contributed by atoms with Crippen LogP contribution in [0.3, 0.4) is 0 Å². The Bertz CT molecular complexity index is 1600. The highest BCUT2D eigenvalue weighted by atomic mass is 79.9. The summed E-state index contributed by atoms with van der Waals surface area (Å²) >= 11 is 4.42. The molecule has 2 aromatic carbocycles. The van der Waals surface area contributed by atoms with Gasteiger partial charge in [0, 0.05) is 13.3 Å². The fourth-order valence-electron chi connectivity index (χ4n) is 3.39. The molecule has 0 fully saturated rings. The standard InChI is InChI=1S/C25H22BrN3O6S/c1-4-9-34-17-7-5-15(6-8-17)11-19-23(31)27-25-29(28-19)24(32)21(36-25)13-16-10-18(26)22(35-14(2)30)20(12-16)33-3/h5-8,10,12-13H,4,9,11H2,1-3H3/b21-13+. The van der Waals surface area contributed by atoms with Gasteiger partial charge >= 0.3 is 5.97 Å². The van der Waals surface area contributed by atoms with Crippen LogP contribution in [0.1, 0.15) is 37.1 Å². The van der Waals surface area contributed by atoms with E-state index in [9.17, 15) is 14.4 Å². The Morgan fingerprint density at radius 1 is 1.19 bits per heavy atom. The number of thiazole rings is 1. The number of aromatic nitrogens is 3. The van der Waals surface area contributed by atoms with Crippen LogP contribution in [-0.2, 0) is 11.2 Å². The molecule has 36 heavy (non-hydrogen) atoms. The number of carbonyl (C=O) groups excluding carboxylic acids is 1. The Morgan fingerprint density at radius 3 is 2.61 bits per heavy atom. The molecule has 4 aromatic rings. The van der Waals surface area contributed by atoms with Gasteiger partial charge in [0.05, 0.1) is 22.7 Å². The molecule has 0 atom stereocenters. The Balaban J connectivity index is 1.69. The second-order valence-corrected chi connectivity index (χ2v) is 9.63. The molecule has 2 aromatic heterocycles. The van der Waals surface area contributed by atoms with Gasteiger partial charge in [0.25, 0.3) is 11.1 Å². The van der Waals surface area contributed by atoms with Gasteiger partial charge in [0.15, 0.2) is 11.5 Å². The van der Waals surface area contributed by atoms with Gasteiger partial charge in [-0.15, -0.1) is 0 Å². The summed E-state index contributed by atoms with van der Waals surface area (Å²) in [5, 5.41) is 4.30. The summed E-state index contributed by atoms with van der Waals surface area (Å²) in [6.45, 7) is 3.96. The zero-order chi connectivity index (χ0) is 25.8. The lowest BCUT2D eigenvalue weighted by Crippen LogP contribution is -2.28. The van der Waals surface area contributed by atoms with Crippen LogP contribution in [0.25, 0.3) is 11.0 Å². The van der Waals surface area contributed by atoms with Crippen molar-refractivity contribution in [1.29, 1.82) is 0 Å². The first-order chi connectivity index (χ1) is 17.3. The fraction of sp³-hybridized carbons (Fsp3) is 0.240. The molecule has 0 spiro atoms. The van der Waals surface area contributed by atoms with Gasteiger partial charge in [-0.2, -0.15) is 14.6 Å². The predicted octanol–water partition coefficient (Wildman–Crippen LogP) is 3.13. The van der Waals surface area contributed by atoms with Crippen LogP contribution in [0.5, 0.6) is 17.2 Å². The van der Waals surface area contributed by atoms with Crippen LogP contribution >= 0.6 is 27.3 Å². The summed E-state index contributed by atoms with van der Waals surface area (Å²) in [4.78, 5) is 41.3. The van der Waals surface area contributed by atoms with Crippen molar-refractivity contribution in [3.05, 3.63) is 82.9 Å². The van der Waals surface area contributed by atoms with Gasteiger partial charge in [0.1, 0.15) is 11.4 Å². The number of methoxy groups -OCH3 is 1. The maximum Gasteiger partial charge on any atom is 0.308 e. The summed E-state index contributed by atoms with van der Waals surface area (Å²) in [5.74, 6) is 0.821. The van der Waals surface area contributed by atoms with E-state index < -0.39 is 17.1 Å². The van der Waals surface area contributed by atoms with Crippen molar-refractivity contribution in [3.63, 3.8) is 0 Å². The van der Waals surface area contributed by atoms with Gasteiger partial charge < -0.3 is 14.2 Å². The molecule has 0 aliphatic carbocycles. The van der Waals surface area contributed by atoms with E-state index in [4.69, 9.17) is 14.2 Å². The van der Waals surface area contributed by atoms with Crippen LogP contribution < -0.4 is 29.9 Å². The molecule has 0 aliphatic rings. The summed E-state index contributed by atoms with van der Waals surface area (Å²) in [5.41, 5.74) is 0.762. The zero-order valence-corrected chi connectivity index (χ0v) is 22.1. The number of rotatable bonds is 8. The monoisotopic (exact) mass is 571 g/mol. The van der Waals surface area contributed by atoms with E-state index in [1.165, 1.54) is 14.0 Å². The van der Waals surface area contributed by atoms with E-state index in [2.05, 4.69) is 26.0 Å². The molecule has 186 valence electrons. The number of benzene rings is 2. The summed E-state index contributed by atoms with van der Waals surface area (Å²) in [6, 6.07) is 10.7. The van der Waals surface area contributed by atoms with Crippen molar-refractivity contribution >= 4 is 44.3 Å². The number of fused-ring (bicyclic) bond motifs is 1. The topological polar surface area (TPSA) is 109 Å². The predicted molar refractivity (Wildman–Crippen MR) is 139 cm³/mol. The molecule has 0 bridgehead atoms. The third-order valence-corrected chi connectivity index (χ3v) is 6.56. The lowest BCUT2D eigenvalue weighted by atomic mass is 10.1. The third kappa shape index (κ3) is 5.63. The zero-order valence-electron chi connectivity index (χ0n) is 19.7. The SMILES string of the molecule is CCCOc1ccc(Cc2nn3c(=O)/c(=C\c4cc(Br)c(OC(C)=O)c(OC)c4)sc3nc2=O)cc1. The molecule has 0 unspecified atom stereocenters. The smallest absolute Gasteiger partial charge is 0.308 e. The number of hydrogen-bond acceptors (Lipinski definition) is 9. The maximum absolute atomic E-state index is 13.1. The van der Waals surface area contributed by atoms with E-state index in [0.717, 1.165) is 33.6 Å². The number of hydrogen-bond donors (Lipinski definition) is 0. The first-order valence-corrected chi connectivity index (χ1v) is 12.6. The van der Waals surface area contributed by atoms with Crippen molar-refractivity contribution < 1.29 is 19.0 Å². The lowest BCUT2D eigenvalue weighted by Gasteiger charge is -2.10. The molecule has 2 heterocycles. The van der Waals surface area contributed by atoms with Crippen molar-refractivity contribution in [2.45, 2.75) is 26.7 Å². The highest BCUT2D eigenvalue weighted by Crippen LogP contribution is 2.37. The minimum Gasteiger partial charge on any atom is -0.494 e. The highest BCUT2D eigenvalue weighted by molar-refractivity contribution is 9.10. The molecule has 9 nitrogen and oxygen atoms in total. The van der Waals surface area contributed by atoms with Crippen LogP contribution in [0.15, 0.2) is 50.5 Å². The Morgan fingerprint density at radius 2 is 1.94 bits per heavy atom. The first-order valence-electron chi connectivity index (χ1n) is 11.0. The van der Waals surface area contributed by atoms with Gasteiger partial charge in [-0.3, -0.25) is 14.4 Å². The van der Waals surface area contributed by atoms with E-state index in [1.807, 2.05) is 31.2 Å². The van der Waals surface area contributed by atoms with Crippen molar-refractivity contribution in [2.24, 2.45) is 0 Å². The first kappa shape index (κ1) is 25.5. The number of carbonyl (C=O) groups is 1. The molecular formula is C25H22BrN3O6S. The summed E-state index contributed by atoms with van der Waals surface area (Å²) < 4.78 is 18.1. The largest absolute Gasteiger partial charge is 0.494 e. The van der Waals surface area contributed by atoms with Crippen LogP contribution in [0.4, 0.5) is 0 Å². The molecule has 4 rings (SSSR count). The Kier molecular flexibility index (Phi) is 7.80. The summed E-state index contributed by atoms with van der Waals surface area (Å²) in [6.07, 6.45) is 2.78. The lowest BCUT2D eigenvalue weighted by molar-refractivity contribution is -0.132. The molecule has 0 N–H and O–H groups in total. The molecular weight excluding hydrogens is 550 g/mol. The van der Waals surface area contributed by atoms with Gasteiger partial charge in [-0.1, -0.05) is 30.4 Å². The summed E-state index contributed by atoms with van der Waals surface area (Å²) in [7, 11) is 1.45. The molecule has 0 saturated heterocycles. The van der Waals surface area contributed by atoms with Crippen molar-refractivity contribution in [2.75, 3.05) is 13.7 Å². The molecule has 11 heteroatoms. The van der Waals surface area contributed by atoms with E-state index >= 15 is 0 Å². The number of nitrogens with zero attached hydrogens (tertiary/aromatic N) is 3. The van der Waals surface area contributed by atoms with Gasteiger partial charge in [-0.05, 0) is 63.8 Å². The number of ether oxygens (including phenoxy) is 3. The van der Waals surface area contributed by atoms with Crippen LogP contribution in [0, 0.1) is 0 Å². The van der Waals surface area contributed by atoms with E-state index in [1.54, 1.807) is 18.2 Å². The van der Waals surface area contributed by atoms with Crippen LogP contribution in [0.2, 0.25) is 0 Å². The second-order valence-electron chi connectivity index (χ2n) is 7.77. The van der Waals surface area contributed by atoms with Gasteiger partial charge in [-0.25, -0.2) is 0 Å². The second kappa shape index (κ2) is 11.0. The molecule has 0 amide bonds. The van der Waals surface area contributed by atoms with Crippen LogP contribution in [-0.4, -0.2) is 34.3 Å². The Labute approximate surface area is 218 Å². The number of halogens is 1. The van der Waals surface area contributed by atoms with E-state index in [-0.39, 0.29) is 22.8 Å². The molecule has 0 aliphatic heterocycles. The maximum atomic E-state index is 13.1. The Hall–Kier alpha value is -3.57.